The Bertz CT molecular complexity index is 315. The number of nitrogens with zero attached hydrogens (tertiary/aromatic N) is 1. The topological polar surface area (TPSA) is 15.3 Å². The van der Waals surface area contributed by atoms with Crippen LogP contribution in [0.2, 0.25) is 0 Å². The fourth-order valence-corrected chi connectivity index (χ4v) is 1.74. The first-order chi connectivity index (χ1) is 7.09. The van der Waals surface area contributed by atoms with Crippen LogP contribution in [0.1, 0.15) is 6.42 Å². The summed E-state index contributed by atoms with van der Waals surface area (Å²) >= 11 is 3.32. The lowest BCUT2D eigenvalue weighted by molar-refractivity contribution is 0.405. The number of rotatable bonds is 5. The maximum atomic E-state index is 12.8. The third kappa shape index (κ3) is 4.62. The standard InChI is InChI=1S/C11H16BrFN2/c1-15(2)7-3-6-14-11-5-4-9(13)8-10(11)12/h4-5,8,14H,3,6-7H2,1-2H3. The molecule has 15 heavy (non-hydrogen) atoms. The molecule has 0 aliphatic carbocycles. The number of hydrogen-bond acceptors (Lipinski definition) is 2. The van der Waals surface area contributed by atoms with Gasteiger partial charge in [0.1, 0.15) is 5.82 Å². The van der Waals surface area contributed by atoms with Crippen molar-refractivity contribution in [3.05, 3.63) is 28.5 Å². The van der Waals surface area contributed by atoms with E-state index < -0.39 is 0 Å². The molecule has 0 fully saturated rings. The molecule has 0 saturated carbocycles. The second-order valence-electron chi connectivity index (χ2n) is 3.71. The van der Waals surface area contributed by atoms with Gasteiger partial charge in [0, 0.05) is 16.7 Å². The summed E-state index contributed by atoms with van der Waals surface area (Å²) in [4.78, 5) is 2.14. The van der Waals surface area contributed by atoms with E-state index in [1.807, 2.05) is 14.1 Å². The van der Waals surface area contributed by atoms with Gasteiger partial charge in [-0.1, -0.05) is 0 Å². The number of hydrogen-bond donors (Lipinski definition) is 1. The predicted molar refractivity (Wildman–Crippen MR) is 65.8 cm³/mol. The Hall–Kier alpha value is -0.610. The lowest BCUT2D eigenvalue weighted by Crippen LogP contribution is -2.16. The molecule has 0 heterocycles. The molecule has 0 aliphatic rings. The molecule has 0 bridgehead atoms. The van der Waals surface area contributed by atoms with Crippen LogP contribution in [0.4, 0.5) is 10.1 Å². The average Bonchev–Trinajstić information content (AvgIpc) is 2.14. The summed E-state index contributed by atoms with van der Waals surface area (Å²) < 4.78 is 13.5. The summed E-state index contributed by atoms with van der Waals surface area (Å²) in [7, 11) is 4.10. The van der Waals surface area contributed by atoms with Crippen molar-refractivity contribution in [3.8, 4) is 0 Å². The van der Waals surface area contributed by atoms with Crippen molar-refractivity contribution >= 4 is 21.6 Å². The Morgan fingerprint density at radius 2 is 2.13 bits per heavy atom. The molecule has 4 heteroatoms. The molecular weight excluding hydrogens is 259 g/mol. The minimum atomic E-state index is -0.222. The highest BCUT2D eigenvalue weighted by Gasteiger charge is 2.00. The maximum Gasteiger partial charge on any atom is 0.124 e. The number of nitrogens with one attached hydrogen (secondary N) is 1. The van der Waals surface area contributed by atoms with E-state index >= 15 is 0 Å². The Morgan fingerprint density at radius 3 is 2.73 bits per heavy atom. The van der Waals surface area contributed by atoms with Crippen molar-refractivity contribution in [2.45, 2.75) is 6.42 Å². The average molecular weight is 275 g/mol. The van der Waals surface area contributed by atoms with Crippen LogP contribution in [-0.2, 0) is 0 Å². The zero-order valence-corrected chi connectivity index (χ0v) is 10.6. The van der Waals surface area contributed by atoms with Crippen molar-refractivity contribution in [1.29, 1.82) is 0 Å². The lowest BCUT2D eigenvalue weighted by atomic mass is 10.3. The van der Waals surface area contributed by atoms with Crippen LogP contribution in [0.3, 0.4) is 0 Å². The van der Waals surface area contributed by atoms with E-state index in [-0.39, 0.29) is 5.82 Å². The minimum Gasteiger partial charge on any atom is -0.384 e. The van der Waals surface area contributed by atoms with Gasteiger partial charge in [-0.05, 0) is 61.2 Å². The summed E-state index contributed by atoms with van der Waals surface area (Å²) in [6.07, 6.45) is 1.07. The zero-order valence-electron chi connectivity index (χ0n) is 9.06. The van der Waals surface area contributed by atoms with Crippen LogP contribution >= 0.6 is 15.9 Å². The molecule has 0 spiro atoms. The third-order valence-electron chi connectivity index (χ3n) is 2.03. The number of benzene rings is 1. The van der Waals surface area contributed by atoms with Crippen LogP contribution in [0.5, 0.6) is 0 Å². The van der Waals surface area contributed by atoms with Crippen LogP contribution in [0, 0.1) is 5.82 Å². The molecule has 0 radical (unpaired) electrons. The van der Waals surface area contributed by atoms with Crippen LogP contribution in [0.25, 0.3) is 0 Å². The van der Waals surface area contributed by atoms with Crippen LogP contribution in [0.15, 0.2) is 22.7 Å². The van der Waals surface area contributed by atoms with Gasteiger partial charge in [-0.2, -0.15) is 0 Å². The van der Waals surface area contributed by atoms with E-state index in [1.54, 1.807) is 6.07 Å². The summed E-state index contributed by atoms with van der Waals surface area (Å²) in [5.41, 5.74) is 0.940. The SMILES string of the molecule is CN(C)CCCNc1ccc(F)cc1Br. The van der Waals surface area contributed by atoms with Crippen molar-refractivity contribution < 1.29 is 4.39 Å². The fourth-order valence-electron chi connectivity index (χ4n) is 1.25. The Balaban J connectivity index is 2.37. The van der Waals surface area contributed by atoms with Gasteiger partial charge in [0.05, 0.1) is 0 Å². The normalized spacial score (nSPS) is 10.7. The molecule has 0 aliphatic heterocycles. The molecular formula is C11H16BrFN2. The monoisotopic (exact) mass is 274 g/mol. The molecule has 1 aromatic rings. The van der Waals surface area contributed by atoms with Gasteiger partial charge in [-0.25, -0.2) is 4.39 Å². The molecule has 0 unspecified atom stereocenters. The summed E-state index contributed by atoms with van der Waals surface area (Å²) in [6.45, 7) is 1.94. The molecule has 1 rings (SSSR count). The van der Waals surface area contributed by atoms with E-state index in [2.05, 4.69) is 26.1 Å². The maximum absolute atomic E-state index is 12.8. The number of halogens is 2. The molecule has 0 saturated heterocycles. The molecule has 2 nitrogen and oxygen atoms in total. The largest absolute Gasteiger partial charge is 0.384 e. The second-order valence-corrected chi connectivity index (χ2v) is 4.56. The predicted octanol–water partition coefficient (Wildman–Crippen LogP) is 2.95. The highest BCUT2D eigenvalue weighted by molar-refractivity contribution is 9.10. The van der Waals surface area contributed by atoms with Gasteiger partial charge < -0.3 is 10.2 Å². The Morgan fingerprint density at radius 1 is 1.40 bits per heavy atom. The molecule has 0 atom stereocenters. The summed E-state index contributed by atoms with van der Waals surface area (Å²) in [5, 5.41) is 3.26. The third-order valence-corrected chi connectivity index (χ3v) is 2.68. The highest BCUT2D eigenvalue weighted by Crippen LogP contribution is 2.22. The molecule has 1 aromatic carbocycles. The van der Waals surface area contributed by atoms with Crippen molar-refractivity contribution in [3.63, 3.8) is 0 Å². The van der Waals surface area contributed by atoms with E-state index in [1.165, 1.54) is 12.1 Å². The first-order valence-corrected chi connectivity index (χ1v) is 5.72. The Labute approximate surface area is 98.6 Å². The molecule has 0 aromatic heterocycles. The van der Waals surface area contributed by atoms with Crippen LogP contribution in [-0.4, -0.2) is 32.1 Å². The Kier molecular flexibility index (Phi) is 5.05. The van der Waals surface area contributed by atoms with Gasteiger partial charge >= 0.3 is 0 Å². The summed E-state index contributed by atoms with van der Waals surface area (Å²) in [5.74, 6) is -0.222. The quantitative estimate of drug-likeness (QED) is 0.831. The first-order valence-electron chi connectivity index (χ1n) is 4.93. The van der Waals surface area contributed by atoms with E-state index in [0.717, 1.165) is 29.7 Å². The van der Waals surface area contributed by atoms with Gasteiger partial charge in [0.15, 0.2) is 0 Å². The minimum absolute atomic E-state index is 0.222. The van der Waals surface area contributed by atoms with E-state index in [9.17, 15) is 4.39 Å². The van der Waals surface area contributed by atoms with Crippen molar-refractivity contribution in [2.75, 3.05) is 32.5 Å². The smallest absolute Gasteiger partial charge is 0.124 e. The van der Waals surface area contributed by atoms with E-state index in [0.29, 0.717) is 0 Å². The van der Waals surface area contributed by atoms with Gasteiger partial charge in [-0.15, -0.1) is 0 Å². The fraction of sp³-hybridized carbons (Fsp3) is 0.455. The van der Waals surface area contributed by atoms with Gasteiger partial charge in [-0.3, -0.25) is 0 Å². The highest BCUT2D eigenvalue weighted by atomic mass is 79.9. The van der Waals surface area contributed by atoms with Crippen molar-refractivity contribution in [1.82, 2.24) is 4.90 Å². The number of anilines is 1. The first kappa shape index (κ1) is 12.5. The van der Waals surface area contributed by atoms with Gasteiger partial charge in [0.25, 0.3) is 0 Å². The zero-order chi connectivity index (χ0) is 11.3. The van der Waals surface area contributed by atoms with E-state index in [4.69, 9.17) is 0 Å². The van der Waals surface area contributed by atoms with Gasteiger partial charge in [0.2, 0.25) is 0 Å². The van der Waals surface area contributed by atoms with Crippen molar-refractivity contribution in [2.24, 2.45) is 0 Å². The van der Waals surface area contributed by atoms with Crippen LogP contribution < -0.4 is 5.32 Å². The summed E-state index contributed by atoms with van der Waals surface area (Å²) in [6, 6.07) is 4.67. The molecule has 84 valence electrons. The lowest BCUT2D eigenvalue weighted by Gasteiger charge is -2.11. The molecule has 1 N–H and O–H groups in total. The second kappa shape index (κ2) is 6.08. The molecule has 0 amide bonds.